The van der Waals surface area contributed by atoms with Gasteiger partial charge >= 0.3 is 43.2 Å². The van der Waals surface area contributed by atoms with Gasteiger partial charge in [0.05, 0.1) is 6.61 Å². The van der Waals surface area contributed by atoms with Crippen molar-refractivity contribution in [1.82, 2.24) is 0 Å². The molecule has 1 fully saturated rings. The molecule has 26 heteroatoms. The lowest BCUT2D eigenvalue weighted by molar-refractivity contribution is -0.209. The van der Waals surface area contributed by atoms with E-state index in [1.165, 1.54) is 38.5 Å². The first-order chi connectivity index (χ1) is 28.0. The van der Waals surface area contributed by atoms with E-state index in [4.69, 9.17) is 24.9 Å². The highest BCUT2D eigenvalue weighted by molar-refractivity contribution is 7.47. The van der Waals surface area contributed by atoms with E-state index in [0.717, 1.165) is 32.1 Å². The summed E-state index contributed by atoms with van der Waals surface area (Å²) in [6, 6.07) is 0. The second kappa shape index (κ2) is 28.3. The van der Waals surface area contributed by atoms with Crippen LogP contribution in [-0.4, -0.2) is 112 Å². The number of phosphoric acid groups is 4. The van der Waals surface area contributed by atoms with Gasteiger partial charge in [-0.2, -0.15) is 0 Å². The van der Waals surface area contributed by atoms with Crippen LogP contribution in [-0.2, 0) is 59.9 Å². The Balaban J connectivity index is 3.07. The maximum Gasteiger partial charge on any atom is 0.472 e. The second-order valence-corrected chi connectivity index (χ2v) is 18.1. The van der Waals surface area contributed by atoms with Gasteiger partial charge in [0.1, 0.15) is 43.2 Å². The Kier molecular flexibility index (Phi) is 26.2. The van der Waals surface area contributed by atoms with Gasteiger partial charge in [-0.3, -0.25) is 27.4 Å². The molecule has 60 heavy (non-hydrogen) atoms. The monoisotopic (exact) mass is 936 g/mol. The average molecular weight is 937 g/mol. The molecule has 1 rings (SSSR count). The summed E-state index contributed by atoms with van der Waals surface area (Å²) in [5.41, 5.74) is 0. The number of aliphatic hydroxyl groups is 2. The molecule has 0 aliphatic heterocycles. The largest absolute Gasteiger partial charge is 0.472 e. The molecular weight excluding hydrogens is 884 g/mol. The van der Waals surface area contributed by atoms with Gasteiger partial charge in [0, 0.05) is 12.3 Å². The van der Waals surface area contributed by atoms with Crippen molar-refractivity contribution in [2.75, 3.05) is 13.2 Å². The Labute approximate surface area is 347 Å². The fourth-order valence-electron chi connectivity index (χ4n) is 5.54. The lowest BCUT2D eigenvalue weighted by Crippen LogP contribution is -2.65. The van der Waals surface area contributed by atoms with Crippen molar-refractivity contribution in [3.63, 3.8) is 0 Å². The number of unbranched alkanes of at least 4 members (excludes halogenated alkanes) is 12. The quantitative estimate of drug-likeness (QED) is 0.0178. The Bertz CT molecular complexity index is 1740. The van der Waals surface area contributed by atoms with Crippen LogP contribution >= 0.6 is 31.3 Å². The van der Waals surface area contributed by atoms with Crippen LogP contribution in [0.3, 0.4) is 0 Å². The summed E-state index contributed by atoms with van der Waals surface area (Å²) < 4.78 is 80.7. The number of esters is 2. The summed E-state index contributed by atoms with van der Waals surface area (Å²) in [6.45, 7) is 0.218. The van der Waals surface area contributed by atoms with Crippen LogP contribution in [0.5, 0.6) is 0 Å². The van der Waals surface area contributed by atoms with Gasteiger partial charge in [-0.15, -0.1) is 6.42 Å². The molecule has 22 nitrogen and oxygen atoms in total. The Morgan fingerprint density at radius 3 is 1.48 bits per heavy atom. The molecule has 0 aromatic rings. The third kappa shape index (κ3) is 26.1. The minimum atomic E-state index is -5.81. The van der Waals surface area contributed by atoms with Crippen LogP contribution < -0.4 is 0 Å². The first kappa shape index (κ1) is 55.6. The molecule has 8 atom stereocenters. The molecule has 0 aromatic heterocycles. The van der Waals surface area contributed by atoms with Gasteiger partial charge in [0.2, 0.25) is 0 Å². The zero-order valence-corrected chi connectivity index (χ0v) is 36.1. The summed E-state index contributed by atoms with van der Waals surface area (Å²) in [5, 5.41) is 21.6. The number of ether oxygens (including phenoxy) is 2. The van der Waals surface area contributed by atoms with Crippen molar-refractivity contribution in [3.05, 3.63) is 0 Å². The first-order valence-corrected chi connectivity index (χ1v) is 24.6. The number of aliphatic hydroxyl groups excluding tert-OH is 2. The SMILES string of the molecule is C#CC#CC#CC#CC(=O)OC[C@H](COP(=O)(O)OC1C(O)[C@H](OP(=O)(O)O)C(OP(=O)(O)O)C(OP(=O)(O)O)[C@@H]1O)OC(=O)CCCCCCCCCCCCCCC. The molecule has 1 aliphatic carbocycles. The number of phosphoric ester groups is 4. The lowest BCUT2D eigenvalue weighted by atomic mass is 9.85. The molecule has 0 bridgehead atoms. The number of hydrogen-bond donors (Lipinski definition) is 9. The van der Waals surface area contributed by atoms with Crippen molar-refractivity contribution in [2.24, 2.45) is 0 Å². The topological polar surface area (TPSA) is 349 Å². The fourth-order valence-corrected chi connectivity index (χ4v) is 8.20. The van der Waals surface area contributed by atoms with Gasteiger partial charge in [-0.05, 0) is 41.9 Å². The van der Waals surface area contributed by atoms with E-state index >= 15 is 0 Å². The van der Waals surface area contributed by atoms with E-state index in [-0.39, 0.29) is 6.42 Å². The van der Waals surface area contributed by atoms with Crippen LogP contribution in [0, 0.1) is 47.9 Å². The normalized spacial score (nSPS) is 21.9. The standard InChI is InChI=1S/C34H52O22P4/c1-3-5-7-9-11-12-13-14-15-16-17-19-21-23-28(36)52-26(24-50-27(35)22-20-18-10-8-6-4-2)25-51-60(48,49)56-31-29(37)32(53-57(39,40)41)34(55-59(45,46)47)33(30(31)38)54-58(42,43)44/h2,26,29-34,37-38H,3,5,7,9,11-17,19,21,23-25H2,1H3,(H,48,49)(H2,39,40,41)(H2,42,43,44)(H2,45,46,47)/t26-,29-,30?,31?,32?,33+,34?/m1/s1. The molecule has 1 saturated carbocycles. The molecular formula is C34H52O22P4. The van der Waals surface area contributed by atoms with E-state index in [2.05, 4.69) is 50.1 Å². The fraction of sp³-hybridized carbons (Fsp3) is 0.706. The highest BCUT2D eigenvalue weighted by Gasteiger charge is 2.59. The van der Waals surface area contributed by atoms with Crippen molar-refractivity contribution >= 4 is 43.2 Å². The van der Waals surface area contributed by atoms with E-state index in [1.807, 2.05) is 11.8 Å². The molecule has 0 saturated heterocycles. The molecule has 5 unspecified atom stereocenters. The van der Waals surface area contributed by atoms with E-state index in [0.29, 0.717) is 12.8 Å². The van der Waals surface area contributed by atoms with E-state index in [1.54, 1.807) is 0 Å². The molecule has 0 aromatic carbocycles. The predicted octanol–water partition coefficient (Wildman–Crippen LogP) is 2.24. The number of hydrogen-bond acceptors (Lipinski definition) is 15. The first-order valence-electron chi connectivity index (χ1n) is 18.5. The number of carbonyl (C=O) groups is 2. The van der Waals surface area contributed by atoms with E-state index < -0.39 is 99.2 Å². The van der Waals surface area contributed by atoms with Crippen LogP contribution in [0.1, 0.15) is 96.8 Å². The maximum absolute atomic E-state index is 13.1. The maximum atomic E-state index is 13.1. The van der Waals surface area contributed by atoms with E-state index in [9.17, 15) is 72.3 Å². The van der Waals surface area contributed by atoms with Crippen LogP contribution in [0.15, 0.2) is 0 Å². The third-order valence-corrected chi connectivity index (χ3v) is 10.7. The minimum Gasteiger partial charge on any atom is -0.456 e. The summed E-state index contributed by atoms with van der Waals surface area (Å²) in [6.07, 6.45) is 0.107. The van der Waals surface area contributed by atoms with Crippen molar-refractivity contribution in [2.45, 2.75) is 140 Å². The van der Waals surface area contributed by atoms with Gasteiger partial charge in [0.25, 0.3) is 0 Å². The minimum absolute atomic E-state index is 0.121. The lowest BCUT2D eigenvalue weighted by Gasteiger charge is -2.45. The van der Waals surface area contributed by atoms with Crippen LogP contribution in [0.4, 0.5) is 0 Å². The molecule has 340 valence electrons. The molecule has 0 spiro atoms. The molecule has 0 heterocycles. The van der Waals surface area contributed by atoms with Crippen molar-refractivity contribution < 1.29 is 104 Å². The number of terminal acetylenes is 1. The summed E-state index contributed by atoms with van der Waals surface area (Å²) >= 11 is 0. The van der Waals surface area contributed by atoms with Crippen LogP contribution in [0.2, 0.25) is 0 Å². The predicted molar refractivity (Wildman–Crippen MR) is 207 cm³/mol. The van der Waals surface area contributed by atoms with Gasteiger partial charge in [-0.25, -0.2) is 23.1 Å². The van der Waals surface area contributed by atoms with Gasteiger partial charge < -0.3 is 53.9 Å². The summed E-state index contributed by atoms with van der Waals surface area (Å²) in [4.78, 5) is 91.4. The Morgan fingerprint density at radius 2 is 1.02 bits per heavy atom. The van der Waals surface area contributed by atoms with Crippen molar-refractivity contribution in [3.8, 4) is 47.9 Å². The van der Waals surface area contributed by atoms with Crippen LogP contribution in [0.25, 0.3) is 0 Å². The highest BCUT2D eigenvalue weighted by Crippen LogP contribution is 2.53. The zero-order chi connectivity index (χ0) is 45.4. The zero-order valence-electron chi connectivity index (χ0n) is 32.6. The highest BCUT2D eigenvalue weighted by atomic mass is 31.2. The molecule has 9 N–H and O–H groups in total. The molecule has 1 aliphatic rings. The number of rotatable bonds is 28. The third-order valence-electron chi connectivity index (χ3n) is 8.12. The van der Waals surface area contributed by atoms with Gasteiger partial charge in [-0.1, -0.05) is 84.0 Å². The van der Waals surface area contributed by atoms with Gasteiger partial charge in [0.15, 0.2) is 6.10 Å². The molecule has 0 radical (unpaired) electrons. The average Bonchev–Trinajstić information content (AvgIpc) is 3.13. The number of carbonyl (C=O) groups excluding carboxylic acids is 2. The Hall–Kier alpha value is -2.46. The second-order valence-electron chi connectivity index (χ2n) is 13.1. The molecule has 0 amide bonds. The smallest absolute Gasteiger partial charge is 0.456 e. The Morgan fingerprint density at radius 1 is 0.583 bits per heavy atom. The van der Waals surface area contributed by atoms with Crippen molar-refractivity contribution in [1.29, 1.82) is 0 Å². The summed E-state index contributed by atoms with van der Waals surface area (Å²) in [7, 11) is -23.1. The summed E-state index contributed by atoms with van der Waals surface area (Å²) in [5.74, 6) is 12.9.